The van der Waals surface area contributed by atoms with Crippen LogP contribution in [0.2, 0.25) is 0 Å². The maximum absolute atomic E-state index is 9.16. The molecule has 96 valence electrons. The molecule has 1 aliphatic rings. The van der Waals surface area contributed by atoms with E-state index < -0.39 is 0 Å². The van der Waals surface area contributed by atoms with E-state index in [1.54, 1.807) is 0 Å². The standard InChI is InChI=1S/C13H28N2O/c1-10-4-6-13(9-14,7-5-10)15-12(3)11(2)8-16/h10-12,15-16H,4-9,14H2,1-3H3. The van der Waals surface area contributed by atoms with Gasteiger partial charge in [-0.05, 0) is 44.4 Å². The molecule has 0 bridgehead atoms. The van der Waals surface area contributed by atoms with Gasteiger partial charge in [0.2, 0.25) is 0 Å². The van der Waals surface area contributed by atoms with Crippen LogP contribution in [0.3, 0.4) is 0 Å². The van der Waals surface area contributed by atoms with Crippen molar-refractivity contribution in [2.75, 3.05) is 13.2 Å². The average Bonchev–Trinajstić information content (AvgIpc) is 2.31. The van der Waals surface area contributed by atoms with Gasteiger partial charge in [0.05, 0.1) is 0 Å². The molecule has 0 heterocycles. The molecule has 0 aromatic rings. The van der Waals surface area contributed by atoms with Crippen LogP contribution in [0.5, 0.6) is 0 Å². The lowest BCUT2D eigenvalue weighted by Crippen LogP contribution is -2.57. The molecular formula is C13H28N2O. The number of hydrogen-bond donors (Lipinski definition) is 3. The zero-order valence-corrected chi connectivity index (χ0v) is 11.0. The van der Waals surface area contributed by atoms with E-state index in [1.165, 1.54) is 25.7 Å². The first kappa shape index (κ1) is 13.9. The van der Waals surface area contributed by atoms with E-state index in [4.69, 9.17) is 10.8 Å². The smallest absolute Gasteiger partial charge is 0.0471 e. The van der Waals surface area contributed by atoms with Crippen LogP contribution in [0, 0.1) is 11.8 Å². The van der Waals surface area contributed by atoms with Crippen molar-refractivity contribution in [3.05, 3.63) is 0 Å². The molecule has 0 radical (unpaired) electrons. The van der Waals surface area contributed by atoms with Gasteiger partial charge in [0.15, 0.2) is 0 Å². The van der Waals surface area contributed by atoms with Gasteiger partial charge in [0, 0.05) is 24.7 Å². The molecule has 0 aromatic heterocycles. The molecule has 1 fully saturated rings. The highest BCUT2D eigenvalue weighted by Crippen LogP contribution is 2.32. The molecule has 0 spiro atoms. The Bertz CT molecular complexity index is 200. The van der Waals surface area contributed by atoms with Gasteiger partial charge in [-0.25, -0.2) is 0 Å². The zero-order valence-electron chi connectivity index (χ0n) is 11.0. The average molecular weight is 228 g/mol. The summed E-state index contributed by atoms with van der Waals surface area (Å²) in [5.74, 6) is 1.13. The van der Waals surface area contributed by atoms with Crippen LogP contribution >= 0.6 is 0 Å². The van der Waals surface area contributed by atoms with E-state index >= 15 is 0 Å². The van der Waals surface area contributed by atoms with E-state index in [-0.39, 0.29) is 12.1 Å². The van der Waals surface area contributed by atoms with Gasteiger partial charge in [-0.15, -0.1) is 0 Å². The number of nitrogens with one attached hydrogen (secondary N) is 1. The summed E-state index contributed by atoms with van der Waals surface area (Å²) < 4.78 is 0. The monoisotopic (exact) mass is 228 g/mol. The number of hydrogen-bond acceptors (Lipinski definition) is 3. The third kappa shape index (κ3) is 3.44. The molecular weight excluding hydrogens is 200 g/mol. The fourth-order valence-electron chi connectivity index (χ4n) is 2.51. The van der Waals surface area contributed by atoms with Crippen LogP contribution in [0.25, 0.3) is 0 Å². The summed E-state index contributed by atoms with van der Waals surface area (Å²) in [4.78, 5) is 0. The normalized spacial score (nSPS) is 34.7. The van der Waals surface area contributed by atoms with Gasteiger partial charge in [0.1, 0.15) is 0 Å². The highest BCUT2D eigenvalue weighted by Gasteiger charge is 2.34. The minimum Gasteiger partial charge on any atom is -0.396 e. The summed E-state index contributed by atoms with van der Waals surface area (Å²) in [6, 6.07) is 0.335. The Morgan fingerprint density at radius 1 is 1.38 bits per heavy atom. The SMILES string of the molecule is CC1CCC(CN)(NC(C)C(C)CO)CC1. The Balaban J connectivity index is 2.53. The predicted octanol–water partition coefficient (Wildman–Crippen LogP) is 1.50. The first-order chi connectivity index (χ1) is 7.53. The van der Waals surface area contributed by atoms with Gasteiger partial charge in [0.25, 0.3) is 0 Å². The summed E-state index contributed by atoms with van der Waals surface area (Å²) >= 11 is 0. The van der Waals surface area contributed by atoms with Gasteiger partial charge in [-0.2, -0.15) is 0 Å². The van der Waals surface area contributed by atoms with Gasteiger partial charge in [-0.1, -0.05) is 13.8 Å². The van der Waals surface area contributed by atoms with Crippen molar-refractivity contribution in [2.45, 2.75) is 58.0 Å². The highest BCUT2D eigenvalue weighted by molar-refractivity contribution is 4.95. The lowest BCUT2D eigenvalue weighted by Gasteiger charge is -2.42. The third-order valence-corrected chi connectivity index (χ3v) is 4.30. The first-order valence-corrected chi connectivity index (χ1v) is 6.61. The summed E-state index contributed by atoms with van der Waals surface area (Å²) in [6.45, 7) is 7.50. The molecule has 1 aliphatic carbocycles. The van der Waals surface area contributed by atoms with Crippen molar-refractivity contribution in [1.29, 1.82) is 0 Å². The minimum absolute atomic E-state index is 0.120. The van der Waals surface area contributed by atoms with Crippen molar-refractivity contribution in [1.82, 2.24) is 5.32 Å². The second kappa shape index (κ2) is 5.99. The second-order valence-electron chi connectivity index (χ2n) is 5.76. The Morgan fingerprint density at radius 3 is 2.38 bits per heavy atom. The summed E-state index contributed by atoms with van der Waals surface area (Å²) in [5.41, 5.74) is 6.07. The van der Waals surface area contributed by atoms with Crippen LogP contribution in [0.4, 0.5) is 0 Å². The molecule has 0 amide bonds. The fraction of sp³-hybridized carbons (Fsp3) is 1.00. The van der Waals surface area contributed by atoms with Crippen LogP contribution in [-0.4, -0.2) is 29.8 Å². The Labute approximate surface area is 99.8 Å². The Hall–Kier alpha value is -0.120. The second-order valence-corrected chi connectivity index (χ2v) is 5.76. The van der Waals surface area contributed by atoms with E-state index in [9.17, 15) is 0 Å². The van der Waals surface area contributed by atoms with Crippen molar-refractivity contribution >= 4 is 0 Å². The molecule has 2 unspecified atom stereocenters. The summed E-state index contributed by atoms with van der Waals surface area (Å²) in [5, 5.41) is 12.8. The largest absolute Gasteiger partial charge is 0.396 e. The predicted molar refractivity (Wildman–Crippen MR) is 68.3 cm³/mol. The highest BCUT2D eigenvalue weighted by atomic mass is 16.3. The Morgan fingerprint density at radius 2 is 1.94 bits per heavy atom. The van der Waals surface area contributed by atoms with E-state index in [1.807, 2.05) is 0 Å². The topological polar surface area (TPSA) is 58.3 Å². The molecule has 2 atom stereocenters. The molecule has 4 N–H and O–H groups in total. The van der Waals surface area contributed by atoms with Crippen molar-refractivity contribution in [3.8, 4) is 0 Å². The zero-order chi connectivity index (χ0) is 12.2. The van der Waals surface area contributed by atoms with E-state index in [0.29, 0.717) is 18.5 Å². The molecule has 16 heavy (non-hydrogen) atoms. The van der Waals surface area contributed by atoms with Crippen LogP contribution in [0.15, 0.2) is 0 Å². The maximum Gasteiger partial charge on any atom is 0.0471 e. The molecule has 0 saturated heterocycles. The molecule has 1 saturated carbocycles. The van der Waals surface area contributed by atoms with Gasteiger partial charge < -0.3 is 16.2 Å². The van der Waals surface area contributed by atoms with Crippen molar-refractivity contribution in [2.24, 2.45) is 17.6 Å². The van der Waals surface area contributed by atoms with Gasteiger partial charge in [-0.3, -0.25) is 0 Å². The molecule has 3 heteroatoms. The molecule has 0 aromatic carbocycles. The first-order valence-electron chi connectivity index (χ1n) is 6.61. The van der Waals surface area contributed by atoms with E-state index in [0.717, 1.165) is 5.92 Å². The number of aliphatic hydroxyl groups is 1. The molecule has 1 rings (SSSR count). The summed E-state index contributed by atoms with van der Waals surface area (Å²) in [7, 11) is 0. The van der Waals surface area contributed by atoms with Crippen LogP contribution in [0.1, 0.15) is 46.5 Å². The van der Waals surface area contributed by atoms with Crippen LogP contribution in [-0.2, 0) is 0 Å². The number of rotatable bonds is 5. The fourth-order valence-corrected chi connectivity index (χ4v) is 2.51. The Kier molecular flexibility index (Phi) is 5.22. The summed E-state index contributed by atoms with van der Waals surface area (Å²) in [6.07, 6.45) is 4.88. The quantitative estimate of drug-likeness (QED) is 0.668. The number of aliphatic hydroxyl groups excluding tert-OH is 1. The molecule has 0 aliphatic heterocycles. The lowest BCUT2D eigenvalue weighted by molar-refractivity contribution is 0.144. The number of nitrogens with two attached hydrogens (primary N) is 1. The molecule has 3 nitrogen and oxygen atoms in total. The van der Waals surface area contributed by atoms with E-state index in [2.05, 4.69) is 26.1 Å². The van der Waals surface area contributed by atoms with Crippen molar-refractivity contribution in [3.63, 3.8) is 0 Å². The minimum atomic E-state index is 0.120. The van der Waals surface area contributed by atoms with Gasteiger partial charge >= 0.3 is 0 Å². The van der Waals surface area contributed by atoms with Crippen LogP contribution < -0.4 is 11.1 Å². The van der Waals surface area contributed by atoms with Crippen molar-refractivity contribution < 1.29 is 5.11 Å². The maximum atomic E-state index is 9.16. The third-order valence-electron chi connectivity index (χ3n) is 4.30. The lowest BCUT2D eigenvalue weighted by atomic mass is 9.76.